The number of nitrogens with zero attached hydrogens (tertiary/aromatic N) is 1. The van der Waals surface area contributed by atoms with E-state index < -0.39 is 0 Å². The SMILES string of the molecule is CC(CN)CN1C(=O)CSc2ccc(CN)cc21. The lowest BCUT2D eigenvalue weighted by molar-refractivity contribution is -0.116. The molecule has 1 aliphatic rings. The zero-order valence-electron chi connectivity index (χ0n) is 10.6. The van der Waals surface area contributed by atoms with Gasteiger partial charge in [-0.05, 0) is 30.2 Å². The monoisotopic (exact) mass is 265 g/mol. The summed E-state index contributed by atoms with van der Waals surface area (Å²) in [5, 5.41) is 0. The van der Waals surface area contributed by atoms with Crippen molar-refractivity contribution in [3.05, 3.63) is 23.8 Å². The quantitative estimate of drug-likeness (QED) is 0.857. The van der Waals surface area contributed by atoms with E-state index in [-0.39, 0.29) is 5.91 Å². The second kappa shape index (κ2) is 5.73. The molecule has 0 fully saturated rings. The molecule has 1 aromatic carbocycles. The van der Waals surface area contributed by atoms with Gasteiger partial charge >= 0.3 is 0 Å². The van der Waals surface area contributed by atoms with Crippen LogP contribution >= 0.6 is 11.8 Å². The molecule has 5 heteroatoms. The van der Waals surface area contributed by atoms with E-state index >= 15 is 0 Å². The molecule has 0 spiro atoms. The van der Waals surface area contributed by atoms with Crippen molar-refractivity contribution in [2.45, 2.75) is 18.4 Å². The first-order valence-corrected chi connectivity index (χ1v) is 7.10. The van der Waals surface area contributed by atoms with Crippen molar-refractivity contribution >= 4 is 23.4 Å². The van der Waals surface area contributed by atoms with Crippen LogP contribution in [0.5, 0.6) is 0 Å². The predicted molar refractivity (Wildman–Crippen MR) is 75.6 cm³/mol. The molecular formula is C13H19N3OS. The van der Waals surface area contributed by atoms with Crippen LogP contribution in [0, 0.1) is 5.92 Å². The summed E-state index contributed by atoms with van der Waals surface area (Å²) in [4.78, 5) is 15.0. The van der Waals surface area contributed by atoms with Gasteiger partial charge in [0.25, 0.3) is 0 Å². The molecule has 0 radical (unpaired) electrons. The highest BCUT2D eigenvalue weighted by atomic mass is 32.2. The van der Waals surface area contributed by atoms with Crippen LogP contribution in [-0.4, -0.2) is 24.7 Å². The highest BCUT2D eigenvalue weighted by molar-refractivity contribution is 8.00. The molecule has 1 amide bonds. The second-order valence-corrected chi connectivity index (χ2v) is 5.66. The fourth-order valence-electron chi connectivity index (χ4n) is 1.96. The Morgan fingerprint density at radius 1 is 1.44 bits per heavy atom. The van der Waals surface area contributed by atoms with Crippen molar-refractivity contribution in [3.63, 3.8) is 0 Å². The first kappa shape index (κ1) is 13.4. The Morgan fingerprint density at radius 2 is 2.22 bits per heavy atom. The number of benzene rings is 1. The fourth-order valence-corrected chi connectivity index (χ4v) is 2.88. The average molecular weight is 265 g/mol. The van der Waals surface area contributed by atoms with Gasteiger partial charge in [0.05, 0.1) is 11.4 Å². The summed E-state index contributed by atoms with van der Waals surface area (Å²) < 4.78 is 0. The Kier molecular flexibility index (Phi) is 4.27. The molecule has 1 heterocycles. The van der Waals surface area contributed by atoms with Crippen molar-refractivity contribution in [2.75, 3.05) is 23.7 Å². The minimum atomic E-state index is 0.155. The van der Waals surface area contributed by atoms with Gasteiger partial charge in [0.1, 0.15) is 0 Å². The second-order valence-electron chi connectivity index (χ2n) is 4.64. The smallest absolute Gasteiger partial charge is 0.237 e. The number of amides is 1. The molecule has 1 aliphatic heterocycles. The summed E-state index contributed by atoms with van der Waals surface area (Å²) in [6.07, 6.45) is 0. The number of hydrogen-bond donors (Lipinski definition) is 2. The normalized spacial score (nSPS) is 16.6. The third kappa shape index (κ3) is 2.68. The van der Waals surface area contributed by atoms with E-state index in [1.165, 1.54) is 0 Å². The van der Waals surface area contributed by atoms with Gasteiger partial charge in [0, 0.05) is 18.0 Å². The fraction of sp³-hybridized carbons (Fsp3) is 0.462. The van der Waals surface area contributed by atoms with Crippen molar-refractivity contribution < 1.29 is 4.79 Å². The summed E-state index contributed by atoms with van der Waals surface area (Å²) in [7, 11) is 0. The van der Waals surface area contributed by atoms with E-state index in [0.29, 0.717) is 31.3 Å². The highest BCUT2D eigenvalue weighted by Gasteiger charge is 2.25. The zero-order chi connectivity index (χ0) is 13.1. The number of hydrogen-bond acceptors (Lipinski definition) is 4. The Bertz CT molecular complexity index is 450. The van der Waals surface area contributed by atoms with E-state index in [1.807, 2.05) is 17.0 Å². The Morgan fingerprint density at radius 3 is 2.89 bits per heavy atom. The van der Waals surface area contributed by atoms with Crippen LogP contribution in [0.4, 0.5) is 5.69 Å². The summed E-state index contributed by atoms with van der Waals surface area (Å²) in [5.74, 6) is 0.958. The number of carbonyl (C=O) groups is 1. The molecule has 18 heavy (non-hydrogen) atoms. The molecule has 0 aromatic heterocycles. The van der Waals surface area contributed by atoms with E-state index in [2.05, 4.69) is 13.0 Å². The van der Waals surface area contributed by atoms with Gasteiger partial charge in [-0.25, -0.2) is 0 Å². The predicted octanol–water partition coefficient (Wildman–Crippen LogP) is 1.18. The summed E-state index contributed by atoms with van der Waals surface area (Å²) in [6.45, 7) is 3.81. The third-order valence-electron chi connectivity index (χ3n) is 3.10. The van der Waals surface area contributed by atoms with Crippen LogP contribution in [0.1, 0.15) is 12.5 Å². The first-order valence-electron chi connectivity index (χ1n) is 6.12. The molecule has 1 aromatic rings. The van der Waals surface area contributed by atoms with E-state index in [0.717, 1.165) is 16.1 Å². The molecular weight excluding hydrogens is 246 g/mol. The maximum atomic E-state index is 12.0. The topological polar surface area (TPSA) is 72.3 Å². The van der Waals surface area contributed by atoms with Crippen molar-refractivity contribution in [1.29, 1.82) is 0 Å². The minimum Gasteiger partial charge on any atom is -0.330 e. The number of anilines is 1. The molecule has 4 nitrogen and oxygen atoms in total. The lowest BCUT2D eigenvalue weighted by Crippen LogP contribution is -2.40. The van der Waals surface area contributed by atoms with E-state index in [1.54, 1.807) is 11.8 Å². The lowest BCUT2D eigenvalue weighted by atomic mass is 10.1. The van der Waals surface area contributed by atoms with Crippen LogP contribution in [0.25, 0.3) is 0 Å². The van der Waals surface area contributed by atoms with Gasteiger partial charge in [-0.2, -0.15) is 0 Å². The van der Waals surface area contributed by atoms with Gasteiger partial charge < -0.3 is 16.4 Å². The Hall–Kier alpha value is -1.04. The average Bonchev–Trinajstić information content (AvgIpc) is 2.41. The third-order valence-corrected chi connectivity index (χ3v) is 4.15. The summed E-state index contributed by atoms with van der Waals surface area (Å²) in [5.41, 5.74) is 13.3. The van der Waals surface area contributed by atoms with E-state index in [9.17, 15) is 4.79 Å². The number of nitrogens with two attached hydrogens (primary N) is 2. The van der Waals surface area contributed by atoms with Gasteiger partial charge in [0.2, 0.25) is 5.91 Å². The lowest BCUT2D eigenvalue weighted by Gasteiger charge is -2.31. The molecule has 0 saturated heterocycles. The first-order chi connectivity index (χ1) is 8.65. The maximum absolute atomic E-state index is 12.0. The highest BCUT2D eigenvalue weighted by Crippen LogP contribution is 2.36. The van der Waals surface area contributed by atoms with Crippen molar-refractivity contribution in [2.24, 2.45) is 17.4 Å². The van der Waals surface area contributed by atoms with Gasteiger partial charge in [-0.15, -0.1) is 11.8 Å². The molecule has 0 bridgehead atoms. The minimum absolute atomic E-state index is 0.155. The molecule has 98 valence electrons. The Balaban J connectivity index is 2.32. The van der Waals surface area contributed by atoms with Crippen molar-refractivity contribution in [3.8, 4) is 0 Å². The van der Waals surface area contributed by atoms with E-state index in [4.69, 9.17) is 11.5 Å². The summed E-state index contributed by atoms with van der Waals surface area (Å²) >= 11 is 1.59. The molecule has 2 rings (SSSR count). The number of fused-ring (bicyclic) bond motifs is 1. The number of thioether (sulfide) groups is 1. The largest absolute Gasteiger partial charge is 0.330 e. The number of carbonyl (C=O) groups excluding carboxylic acids is 1. The number of rotatable bonds is 4. The Labute approximate surface area is 112 Å². The van der Waals surface area contributed by atoms with Gasteiger partial charge in [-0.3, -0.25) is 4.79 Å². The van der Waals surface area contributed by atoms with Crippen LogP contribution in [0.15, 0.2) is 23.1 Å². The van der Waals surface area contributed by atoms with Gasteiger partial charge in [0.15, 0.2) is 0 Å². The maximum Gasteiger partial charge on any atom is 0.237 e. The molecule has 1 atom stereocenters. The standard InChI is InChI=1S/C13H19N3OS/c1-9(5-14)7-16-11-4-10(6-15)2-3-12(11)18-8-13(16)17/h2-4,9H,5-8,14-15H2,1H3. The van der Waals surface area contributed by atoms with Gasteiger partial charge in [-0.1, -0.05) is 13.0 Å². The van der Waals surface area contributed by atoms with Crippen LogP contribution in [0.2, 0.25) is 0 Å². The molecule has 0 aliphatic carbocycles. The molecule has 1 unspecified atom stereocenters. The van der Waals surface area contributed by atoms with Crippen molar-refractivity contribution in [1.82, 2.24) is 0 Å². The molecule has 0 saturated carbocycles. The van der Waals surface area contributed by atoms with Crippen LogP contribution in [-0.2, 0) is 11.3 Å². The summed E-state index contributed by atoms with van der Waals surface area (Å²) in [6, 6.07) is 6.09. The van der Waals surface area contributed by atoms with Crippen LogP contribution < -0.4 is 16.4 Å². The van der Waals surface area contributed by atoms with Crippen LogP contribution in [0.3, 0.4) is 0 Å². The zero-order valence-corrected chi connectivity index (χ0v) is 11.4. The molecule has 4 N–H and O–H groups in total.